The normalized spacial score (nSPS) is 13.8. The molecule has 0 aromatic carbocycles. The van der Waals surface area contributed by atoms with Crippen molar-refractivity contribution in [3.63, 3.8) is 0 Å². The Morgan fingerprint density at radius 2 is 1.83 bits per heavy atom. The quantitative estimate of drug-likeness (QED) is 0.670. The van der Waals surface area contributed by atoms with Crippen molar-refractivity contribution >= 4 is 19.7 Å². The van der Waals surface area contributed by atoms with Gasteiger partial charge in [0.2, 0.25) is 9.05 Å². The fraction of sp³-hybridized carbons (Fsp3) is 1.00. The number of rotatable bonds is 4. The fourth-order valence-corrected chi connectivity index (χ4v) is 2.77. The zero-order valence-corrected chi connectivity index (χ0v) is 9.37. The molecule has 0 spiro atoms. The van der Waals surface area contributed by atoms with E-state index in [9.17, 15) is 8.42 Å². The molecule has 0 saturated heterocycles. The molecule has 0 unspecified atom stereocenters. The van der Waals surface area contributed by atoms with Gasteiger partial charge in [-0.2, -0.15) is 0 Å². The average Bonchev–Trinajstić information content (AvgIpc) is 1.48. The van der Waals surface area contributed by atoms with Crippen LogP contribution in [0.3, 0.4) is 0 Å². The van der Waals surface area contributed by atoms with E-state index in [2.05, 4.69) is 0 Å². The van der Waals surface area contributed by atoms with Gasteiger partial charge >= 0.3 is 0 Å². The van der Waals surface area contributed by atoms with Gasteiger partial charge in [-0.05, 0) is 27.7 Å². The van der Waals surface area contributed by atoms with E-state index in [0.717, 1.165) is 0 Å². The van der Waals surface area contributed by atoms with Gasteiger partial charge in [-0.25, -0.2) is 8.42 Å². The lowest BCUT2D eigenvalue weighted by molar-refractivity contribution is -0.0398. The topological polar surface area (TPSA) is 43.4 Å². The Labute approximate surface area is 78.5 Å². The first-order valence-corrected chi connectivity index (χ1v) is 6.20. The number of hydrogen-bond acceptors (Lipinski definition) is 3. The van der Waals surface area contributed by atoms with Crippen molar-refractivity contribution in [1.29, 1.82) is 0 Å². The molecule has 74 valence electrons. The van der Waals surface area contributed by atoms with Crippen LogP contribution >= 0.6 is 10.7 Å². The molecule has 0 aromatic heterocycles. The van der Waals surface area contributed by atoms with Gasteiger partial charge in [0.05, 0.1) is 17.5 Å². The third-order valence-corrected chi connectivity index (χ3v) is 2.44. The Morgan fingerprint density at radius 3 is 2.08 bits per heavy atom. The lowest BCUT2D eigenvalue weighted by Gasteiger charge is -2.26. The van der Waals surface area contributed by atoms with E-state index in [0.29, 0.717) is 0 Å². The molecule has 12 heavy (non-hydrogen) atoms. The van der Waals surface area contributed by atoms with Crippen LogP contribution in [0.1, 0.15) is 27.7 Å². The van der Waals surface area contributed by atoms with Crippen molar-refractivity contribution in [1.82, 2.24) is 0 Å². The van der Waals surface area contributed by atoms with Crippen molar-refractivity contribution in [2.24, 2.45) is 0 Å². The van der Waals surface area contributed by atoms with Crippen molar-refractivity contribution < 1.29 is 13.2 Å². The summed E-state index contributed by atoms with van der Waals surface area (Å²) in [6, 6.07) is 0. The number of halogens is 1. The van der Waals surface area contributed by atoms with Crippen LogP contribution in [0, 0.1) is 0 Å². The van der Waals surface area contributed by atoms with Gasteiger partial charge in [-0.3, -0.25) is 0 Å². The molecular formula is C7H15ClO3S. The molecule has 0 aromatic rings. The van der Waals surface area contributed by atoms with Crippen LogP contribution in [0.25, 0.3) is 0 Å². The second kappa shape index (κ2) is 3.94. The summed E-state index contributed by atoms with van der Waals surface area (Å²) >= 11 is 0. The fourth-order valence-electron chi connectivity index (χ4n) is 1.09. The summed E-state index contributed by atoms with van der Waals surface area (Å²) in [5.74, 6) is -0.167. The molecular weight excluding hydrogens is 200 g/mol. The predicted octanol–water partition coefficient (Wildman–Crippen LogP) is 1.76. The lowest BCUT2D eigenvalue weighted by Crippen LogP contribution is -2.34. The van der Waals surface area contributed by atoms with E-state index < -0.39 is 14.7 Å². The summed E-state index contributed by atoms with van der Waals surface area (Å²) in [6.45, 7) is 7.10. The zero-order valence-electron chi connectivity index (χ0n) is 7.80. The van der Waals surface area contributed by atoms with Crippen molar-refractivity contribution in [2.75, 3.05) is 5.75 Å². The van der Waals surface area contributed by atoms with Gasteiger partial charge in [-0.1, -0.05) is 0 Å². The Balaban J connectivity index is 4.23. The Morgan fingerprint density at radius 1 is 1.42 bits per heavy atom. The zero-order chi connectivity index (χ0) is 9.99. The van der Waals surface area contributed by atoms with E-state index in [1.807, 2.05) is 13.8 Å². The maximum atomic E-state index is 10.7. The highest BCUT2D eigenvalue weighted by Crippen LogP contribution is 2.16. The Kier molecular flexibility index (Phi) is 4.00. The molecule has 0 bridgehead atoms. The van der Waals surface area contributed by atoms with Crippen LogP contribution in [0.5, 0.6) is 0 Å². The minimum Gasteiger partial charge on any atom is -0.372 e. The molecule has 0 aliphatic carbocycles. The second-order valence-electron chi connectivity index (χ2n) is 3.61. The third-order valence-electron chi connectivity index (χ3n) is 1.07. The van der Waals surface area contributed by atoms with Crippen molar-refractivity contribution in [3.05, 3.63) is 0 Å². The highest BCUT2D eigenvalue weighted by Gasteiger charge is 2.26. The SMILES string of the molecule is CC(C)OC(C)(C)CS(=O)(=O)Cl. The Bertz CT molecular complexity index is 231. The molecule has 0 aliphatic heterocycles. The van der Waals surface area contributed by atoms with Crippen LogP contribution < -0.4 is 0 Å². The molecule has 0 radical (unpaired) electrons. The van der Waals surface area contributed by atoms with Crippen LogP contribution in [0.2, 0.25) is 0 Å². The van der Waals surface area contributed by atoms with Crippen LogP contribution in [-0.2, 0) is 13.8 Å². The molecule has 0 heterocycles. The smallest absolute Gasteiger partial charge is 0.235 e. The second-order valence-corrected chi connectivity index (χ2v) is 6.39. The summed E-state index contributed by atoms with van der Waals surface area (Å²) in [5.41, 5.74) is -0.714. The first-order chi connectivity index (χ1) is 5.12. The summed E-state index contributed by atoms with van der Waals surface area (Å²) in [6.07, 6.45) is -0.00147. The molecule has 0 saturated carbocycles. The summed E-state index contributed by atoms with van der Waals surface area (Å²) in [4.78, 5) is 0. The number of ether oxygens (including phenoxy) is 1. The third kappa shape index (κ3) is 6.88. The maximum absolute atomic E-state index is 10.7. The molecule has 5 heteroatoms. The van der Waals surface area contributed by atoms with E-state index in [1.165, 1.54) is 0 Å². The highest BCUT2D eigenvalue weighted by atomic mass is 35.7. The van der Waals surface area contributed by atoms with Gasteiger partial charge in [-0.15, -0.1) is 0 Å². The van der Waals surface area contributed by atoms with Gasteiger partial charge < -0.3 is 4.74 Å². The van der Waals surface area contributed by atoms with Crippen LogP contribution in [0.15, 0.2) is 0 Å². The van der Waals surface area contributed by atoms with Crippen LogP contribution in [0.4, 0.5) is 0 Å². The molecule has 0 aliphatic rings. The molecule has 0 rings (SSSR count). The minimum atomic E-state index is -3.48. The van der Waals surface area contributed by atoms with E-state index >= 15 is 0 Å². The van der Waals surface area contributed by atoms with Crippen molar-refractivity contribution in [3.8, 4) is 0 Å². The molecule has 3 nitrogen and oxygen atoms in total. The minimum absolute atomic E-state index is 0.00147. The number of hydrogen-bond donors (Lipinski definition) is 0. The van der Waals surface area contributed by atoms with Gasteiger partial charge in [0.1, 0.15) is 0 Å². The summed E-state index contributed by atoms with van der Waals surface area (Å²) < 4.78 is 26.8. The van der Waals surface area contributed by atoms with Gasteiger partial charge in [0.15, 0.2) is 0 Å². The molecule has 0 atom stereocenters. The first-order valence-electron chi connectivity index (χ1n) is 3.72. The van der Waals surface area contributed by atoms with E-state index in [1.54, 1.807) is 13.8 Å². The summed E-state index contributed by atoms with van der Waals surface area (Å²) in [7, 11) is 1.61. The maximum Gasteiger partial charge on any atom is 0.235 e. The predicted molar refractivity (Wildman–Crippen MR) is 49.9 cm³/mol. The Hall–Kier alpha value is 0.200. The monoisotopic (exact) mass is 214 g/mol. The highest BCUT2D eigenvalue weighted by molar-refractivity contribution is 8.13. The van der Waals surface area contributed by atoms with E-state index in [4.69, 9.17) is 15.4 Å². The average molecular weight is 215 g/mol. The van der Waals surface area contributed by atoms with Crippen LogP contribution in [-0.4, -0.2) is 25.9 Å². The largest absolute Gasteiger partial charge is 0.372 e. The van der Waals surface area contributed by atoms with Gasteiger partial charge in [0.25, 0.3) is 0 Å². The first kappa shape index (κ1) is 12.2. The lowest BCUT2D eigenvalue weighted by atomic mass is 10.2. The summed E-state index contributed by atoms with van der Waals surface area (Å²) in [5, 5.41) is 0. The molecule has 0 fully saturated rings. The standard InChI is InChI=1S/C7H15ClO3S/c1-6(2)11-7(3,4)5-12(8,9)10/h6H,5H2,1-4H3. The van der Waals surface area contributed by atoms with Crippen molar-refractivity contribution in [2.45, 2.75) is 39.4 Å². The van der Waals surface area contributed by atoms with E-state index in [-0.39, 0.29) is 11.9 Å². The van der Waals surface area contributed by atoms with Gasteiger partial charge in [0, 0.05) is 10.7 Å². The molecule has 0 amide bonds. The molecule has 0 N–H and O–H groups in total.